The molecule has 0 saturated carbocycles. The zero-order chi connectivity index (χ0) is 28.3. The maximum Gasteiger partial charge on any atom is 0.0471 e. The van der Waals surface area contributed by atoms with Crippen molar-refractivity contribution in [2.24, 2.45) is 0 Å². The zero-order valence-electron chi connectivity index (χ0n) is 23.5. The molecule has 8 aromatic carbocycles. The third kappa shape index (κ3) is 3.79. The quantitative estimate of drug-likeness (QED) is 0.213. The molecule has 1 N–H and O–H groups in total. The van der Waals surface area contributed by atoms with Crippen LogP contribution in [0.4, 0.5) is 0 Å². The van der Waals surface area contributed by atoms with Gasteiger partial charge in [0, 0.05) is 21.8 Å². The highest BCUT2D eigenvalue weighted by atomic mass is 14.7. The fraction of sp³-hybridized carbons (Fsp3) is 0. The van der Waals surface area contributed by atoms with Crippen LogP contribution in [0.5, 0.6) is 0 Å². The lowest BCUT2D eigenvalue weighted by molar-refractivity contribution is 1.55. The van der Waals surface area contributed by atoms with Crippen LogP contribution in [0, 0.1) is 0 Å². The van der Waals surface area contributed by atoms with E-state index in [4.69, 9.17) is 0 Å². The molecule has 0 saturated heterocycles. The van der Waals surface area contributed by atoms with Crippen LogP contribution in [0.15, 0.2) is 158 Å². The molecule has 200 valence electrons. The second-order valence-electron chi connectivity index (χ2n) is 11.4. The van der Waals surface area contributed by atoms with Crippen molar-refractivity contribution in [1.29, 1.82) is 0 Å². The third-order valence-electron chi connectivity index (χ3n) is 8.97. The second kappa shape index (κ2) is 9.44. The molecule has 9 aromatic rings. The van der Waals surface area contributed by atoms with Gasteiger partial charge in [-0.3, -0.25) is 0 Å². The fourth-order valence-corrected chi connectivity index (χ4v) is 6.95. The Kier molecular flexibility index (Phi) is 5.27. The van der Waals surface area contributed by atoms with E-state index in [0.29, 0.717) is 0 Å². The molecule has 1 heteroatoms. The van der Waals surface area contributed by atoms with Gasteiger partial charge in [-0.2, -0.15) is 0 Å². The molecule has 0 aliphatic rings. The molecule has 0 atom stereocenters. The van der Waals surface area contributed by atoms with E-state index in [-0.39, 0.29) is 0 Å². The first-order valence-corrected chi connectivity index (χ1v) is 14.9. The Bertz CT molecular complexity index is 2420. The molecule has 0 fully saturated rings. The monoisotopic (exact) mass is 545 g/mol. The van der Waals surface area contributed by atoms with Crippen molar-refractivity contribution >= 4 is 54.1 Å². The summed E-state index contributed by atoms with van der Waals surface area (Å²) in [6.45, 7) is 0. The maximum absolute atomic E-state index is 3.67. The van der Waals surface area contributed by atoms with Gasteiger partial charge in [0.1, 0.15) is 0 Å². The summed E-state index contributed by atoms with van der Waals surface area (Å²) >= 11 is 0. The molecular weight excluding hydrogens is 518 g/mol. The lowest BCUT2D eigenvalue weighted by Gasteiger charge is -2.18. The number of nitrogens with one attached hydrogen (secondary N) is 1. The lowest BCUT2D eigenvalue weighted by atomic mass is 9.85. The van der Waals surface area contributed by atoms with Gasteiger partial charge >= 0.3 is 0 Å². The van der Waals surface area contributed by atoms with Crippen LogP contribution in [0.1, 0.15) is 0 Å². The van der Waals surface area contributed by atoms with Crippen LogP contribution < -0.4 is 0 Å². The molecular formula is C42H27N. The summed E-state index contributed by atoms with van der Waals surface area (Å²) in [4.78, 5) is 3.67. The largest absolute Gasteiger partial charge is 0.354 e. The Hall–Kier alpha value is -5.66. The van der Waals surface area contributed by atoms with E-state index in [1.165, 1.54) is 82.0 Å². The molecule has 0 spiro atoms. The minimum atomic E-state index is 1.16. The van der Waals surface area contributed by atoms with E-state index >= 15 is 0 Å². The molecule has 1 heterocycles. The highest BCUT2D eigenvalue weighted by Crippen LogP contribution is 2.44. The molecule has 43 heavy (non-hydrogen) atoms. The summed E-state index contributed by atoms with van der Waals surface area (Å²) in [5.41, 5.74) is 9.85. The van der Waals surface area contributed by atoms with Crippen LogP contribution in [-0.4, -0.2) is 4.98 Å². The normalized spacial score (nSPS) is 11.7. The van der Waals surface area contributed by atoms with Crippen LogP contribution in [0.25, 0.3) is 87.5 Å². The van der Waals surface area contributed by atoms with Gasteiger partial charge in [0.2, 0.25) is 0 Å². The summed E-state index contributed by atoms with van der Waals surface area (Å²) in [5, 5.41) is 10.1. The van der Waals surface area contributed by atoms with Crippen LogP contribution in [-0.2, 0) is 0 Å². The molecule has 9 rings (SSSR count). The number of rotatable bonds is 3. The van der Waals surface area contributed by atoms with Crippen molar-refractivity contribution in [3.8, 4) is 33.4 Å². The van der Waals surface area contributed by atoms with Crippen molar-refractivity contribution in [3.05, 3.63) is 158 Å². The highest BCUT2D eigenvalue weighted by molar-refractivity contribution is 6.22. The Morgan fingerprint density at radius 2 is 0.744 bits per heavy atom. The van der Waals surface area contributed by atoms with E-state index in [0.717, 1.165) is 5.52 Å². The average Bonchev–Trinajstić information content (AvgIpc) is 3.43. The van der Waals surface area contributed by atoms with Gasteiger partial charge < -0.3 is 4.98 Å². The predicted octanol–water partition coefficient (Wildman–Crippen LogP) is 11.8. The standard InChI is InChI=1S/C42H27N/c1-2-10-27(11-3-1)28-18-20-29(21-19-28)41-33-14-6-8-16-35(33)42(36-17-9-7-15-34(36)41)32-22-23-39-37(25-32)38-24-30-12-4-5-13-31(30)26-40(38)43-39/h1-26,43H. The number of benzene rings is 8. The first-order chi connectivity index (χ1) is 21.3. The molecule has 0 bridgehead atoms. The summed E-state index contributed by atoms with van der Waals surface area (Å²) in [5.74, 6) is 0. The van der Waals surface area contributed by atoms with E-state index < -0.39 is 0 Å². The van der Waals surface area contributed by atoms with E-state index in [9.17, 15) is 0 Å². The smallest absolute Gasteiger partial charge is 0.0471 e. The third-order valence-corrected chi connectivity index (χ3v) is 8.97. The number of aromatic amines is 1. The summed E-state index contributed by atoms with van der Waals surface area (Å²) < 4.78 is 0. The Morgan fingerprint density at radius 3 is 1.40 bits per heavy atom. The lowest BCUT2D eigenvalue weighted by Crippen LogP contribution is -1.91. The van der Waals surface area contributed by atoms with Gasteiger partial charge in [-0.1, -0.05) is 133 Å². The fourth-order valence-electron chi connectivity index (χ4n) is 6.95. The number of H-pyrrole nitrogens is 1. The van der Waals surface area contributed by atoms with Crippen molar-refractivity contribution in [1.82, 2.24) is 4.98 Å². The summed E-state index contributed by atoms with van der Waals surface area (Å²) in [6, 6.07) is 57.5. The Morgan fingerprint density at radius 1 is 0.279 bits per heavy atom. The van der Waals surface area contributed by atoms with Gasteiger partial charge in [-0.15, -0.1) is 0 Å². The van der Waals surface area contributed by atoms with Crippen molar-refractivity contribution in [2.75, 3.05) is 0 Å². The second-order valence-corrected chi connectivity index (χ2v) is 11.4. The van der Waals surface area contributed by atoms with Crippen molar-refractivity contribution in [2.45, 2.75) is 0 Å². The Labute approximate surface area is 249 Å². The van der Waals surface area contributed by atoms with Crippen LogP contribution in [0.3, 0.4) is 0 Å². The molecule has 0 aliphatic carbocycles. The van der Waals surface area contributed by atoms with E-state index in [2.05, 4.69) is 163 Å². The van der Waals surface area contributed by atoms with Gasteiger partial charge in [-0.25, -0.2) is 0 Å². The topological polar surface area (TPSA) is 15.8 Å². The minimum Gasteiger partial charge on any atom is -0.354 e. The number of aromatic nitrogens is 1. The zero-order valence-corrected chi connectivity index (χ0v) is 23.5. The molecule has 0 radical (unpaired) electrons. The van der Waals surface area contributed by atoms with E-state index in [1.807, 2.05) is 0 Å². The number of fused-ring (bicyclic) bond motifs is 6. The molecule has 0 aliphatic heterocycles. The van der Waals surface area contributed by atoms with Crippen LogP contribution >= 0.6 is 0 Å². The molecule has 1 aromatic heterocycles. The Balaban J connectivity index is 1.29. The van der Waals surface area contributed by atoms with E-state index in [1.54, 1.807) is 0 Å². The number of hydrogen-bond acceptors (Lipinski definition) is 0. The molecule has 0 unspecified atom stereocenters. The highest BCUT2D eigenvalue weighted by Gasteiger charge is 2.17. The average molecular weight is 546 g/mol. The van der Waals surface area contributed by atoms with Gasteiger partial charge in [0.15, 0.2) is 0 Å². The maximum atomic E-state index is 3.67. The van der Waals surface area contributed by atoms with Crippen molar-refractivity contribution in [3.63, 3.8) is 0 Å². The number of hydrogen-bond donors (Lipinski definition) is 1. The van der Waals surface area contributed by atoms with Gasteiger partial charge in [-0.05, 0) is 90.0 Å². The van der Waals surface area contributed by atoms with Crippen LogP contribution in [0.2, 0.25) is 0 Å². The first kappa shape index (κ1) is 24.0. The summed E-state index contributed by atoms with van der Waals surface area (Å²) in [6.07, 6.45) is 0. The predicted molar refractivity (Wildman–Crippen MR) is 185 cm³/mol. The van der Waals surface area contributed by atoms with Gasteiger partial charge in [0.05, 0.1) is 0 Å². The van der Waals surface area contributed by atoms with Crippen molar-refractivity contribution < 1.29 is 0 Å². The first-order valence-electron chi connectivity index (χ1n) is 14.9. The SMILES string of the molecule is c1ccc(-c2ccc(-c3c4ccccc4c(-c4ccc5[nH]c6cc7ccccc7cc6c5c4)c4ccccc34)cc2)cc1. The molecule has 1 nitrogen and oxygen atoms in total. The molecule has 0 amide bonds. The minimum absolute atomic E-state index is 1.16. The summed E-state index contributed by atoms with van der Waals surface area (Å²) in [7, 11) is 0. The van der Waals surface area contributed by atoms with Gasteiger partial charge in [0.25, 0.3) is 0 Å².